The van der Waals surface area contributed by atoms with Gasteiger partial charge in [-0.2, -0.15) is 0 Å². The summed E-state index contributed by atoms with van der Waals surface area (Å²) in [6.07, 6.45) is 7.43. The fourth-order valence-electron chi connectivity index (χ4n) is 0.918. The lowest BCUT2D eigenvalue weighted by Gasteiger charge is -1.91. The number of halogens is 1. The number of hydrogen-bond acceptors (Lipinski definition) is 2. The average molecular weight is 261 g/mol. The number of aryl methyl sites for hydroxylation is 1. The Balaban J connectivity index is 0.000000605. The maximum Gasteiger partial charge on any atom is 0.233 e. The second-order valence-corrected chi connectivity index (χ2v) is 2.27. The third-order valence-corrected chi connectivity index (χ3v) is 1.37. The van der Waals surface area contributed by atoms with Crippen molar-refractivity contribution in [1.82, 2.24) is 14.4 Å². The van der Waals surface area contributed by atoms with Crippen LogP contribution in [0.5, 0.6) is 0 Å². The molecule has 0 N–H and O–H groups in total. The van der Waals surface area contributed by atoms with Crippen LogP contribution in [0.3, 0.4) is 0 Å². The van der Waals surface area contributed by atoms with E-state index in [2.05, 4.69) is 9.97 Å². The summed E-state index contributed by atoms with van der Waals surface area (Å²) in [6, 6.07) is 0. The Bertz CT molecular complexity index is 355. The Morgan fingerprint density at radius 2 is 2.18 bits per heavy atom. The topological polar surface area (TPSA) is 30.2 Å². The van der Waals surface area contributed by atoms with Gasteiger partial charge in [0.25, 0.3) is 0 Å². The third kappa shape index (κ3) is 1.50. The fourth-order valence-corrected chi connectivity index (χ4v) is 0.918. The van der Waals surface area contributed by atoms with Gasteiger partial charge in [-0.05, 0) is 12.5 Å². The zero-order valence-electron chi connectivity index (χ0n) is 6.06. The van der Waals surface area contributed by atoms with E-state index in [4.69, 9.17) is 0 Å². The van der Waals surface area contributed by atoms with Crippen LogP contribution in [0.25, 0.3) is 5.78 Å². The minimum Gasteiger partial charge on any atom is -0.291 e. The van der Waals surface area contributed by atoms with Crippen molar-refractivity contribution in [3.8, 4) is 0 Å². The van der Waals surface area contributed by atoms with Gasteiger partial charge in [0.15, 0.2) is 0 Å². The van der Waals surface area contributed by atoms with Crippen LogP contribution >= 0.6 is 24.0 Å². The zero-order chi connectivity index (χ0) is 6.97. The Labute approximate surface area is 81.5 Å². The molecule has 3 nitrogen and oxygen atoms in total. The van der Waals surface area contributed by atoms with E-state index >= 15 is 0 Å². The van der Waals surface area contributed by atoms with Gasteiger partial charge in [-0.3, -0.25) is 4.40 Å². The van der Waals surface area contributed by atoms with Gasteiger partial charge < -0.3 is 0 Å². The lowest BCUT2D eigenvalue weighted by atomic mass is 10.4. The number of fused-ring (bicyclic) bond motifs is 1. The first-order chi connectivity index (χ1) is 4.86. The van der Waals surface area contributed by atoms with Crippen LogP contribution in [0.15, 0.2) is 24.8 Å². The van der Waals surface area contributed by atoms with Gasteiger partial charge in [-0.1, -0.05) is 0 Å². The molecular weight excluding hydrogens is 253 g/mol. The Hall–Kier alpha value is -0.650. The number of hydrogen-bond donors (Lipinski definition) is 0. The van der Waals surface area contributed by atoms with Gasteiger partial charge in [-0.15, -0.1) is 24.0 Å². The van der Waals surface area contributed by atoms with Crippen molar-refractivity contribution in [2.45, 2.75) is 6.92 Å². The first-order valence-electron chi connectivity index (χ1n) is 3.11. The molecule has 0 fully saturated rings. The normalized spacial score (nSPS) is 9.55. The number of rotatable bonds is 0. The molecule has 0 atom stereocenters. The van der Waals surface area contributed by atoms with E-state index in [9.17, 15) is 0 Å². The molecule has 4 heteroatoms. The molecule has 0 aromatic carbocycles. The van der Waals surface area contributed by atoms with Crippen molar-refractivity contribution >= 4 is 29.8 Å². The van der Waals surface area contributed by atoms with Gasteiger partial charge in [0.2, 0.25) is 5.78 Å². The molecule has 2 heterocycles. The van der Waals surface area contributed by atoms with Gasteiger partial charge in [0.1, 0.15) is 0 Å². The molecule has 0 aliphatic carbocycles. The van der Waals surface area contributed by atoms with E-state index in [1.54, 1.807) is 6.20 Å². The van der Waals surface area contributed by atoms with Crippen LogP contribution < -0.4 is 0 Å². The molecule has 2 aromatic heterocycles. The summed E-state index contributed by atoms with van der Waals surface area (Å²) in [5, 5.41) is 0. The zero-order valence-corrected chi connectivity index (χ0v) is 8.39. The Kier molecular flexibility index (Phi) is 2.43. The SMILES string of the molecule is Cc1cnc2nccn2c1.I. The third-order valence-electron chi connectivity index (χ3n) is 1.37. The second-order valence-electron chi connectivity index (χ2n) is 2.27. The van der Waals surface area contributed by atoms with Crippen molar-refractivity contribution < 1.29 is 0 Å². The summed E-state index contributed by atoms with van der Waals surface area (Å²) >= 11 is 0. The van der Waals surface area contributed by atoms with Crippen LogP contribution in [0, 0.1) is 6.92 Å². The van der Waals surface area contributed by atoms with Crippen molar-refractivity contribution in [1.29, 1.82) is 0 Å². The van der Waals surface area contributed by atoms with Crippen molar-refractivity contribution in [3.05, 3.63) is 30.4 Å². The molecule has 2 aromatic rings. The van der Waals surface area contributed by atoms with Crippen molar-refractivity contribution in [3.63, 3.8) is 0 Å². The highest BCUT2D eigenvalue weighted by Gasteiger charge is 1.91. The van der Waals surface area contributed by atoms with Crippen LogP contribution in [-0.4, -0.2) is 14.4 Å². The Morgan fingerprint density at radius 3 is 3.00 bits per heavy atom. The molecule has 0 saturated heterocycles. The fraction of sp³-hybridized carbons (Fsp3) is 0.143. The first kappa shape index (κ1) is 8.45. The highest BCUT2D eigenvalue weighted by atomic mass is 127. The average Bonchev–Trinajstić information content (AvgIpc) is 2.33. The van der Waals surface area contributed by atoms with Crippen LogP contribution in [0.4, 0.5) is 0 Å². The molecule has 0 amide bonds. The van der Waals surface area contributed by atoms with Gasteiger partial charge in [-0.25, -0.2) is 9.97 Å². The van der Waals surface area contributed by atoms with Crippen LogP contribution in [0.1, 0.15) is 5.56 Å². The number of imidazole rings is 1. The lowest BCUT2D eigenvalue weighted by molar-refractivity contribution is 1.08. The molecule has 0 bridgehead atoms. The summed E-state index contributed by atoms with van der Waals surface area (Å²) in [5.74, 6) is 0.755. The van der Waals surface area contributed by atoms with Gasteiger partial charge in [0, 0.05) is 24.8 Å². The molecule has 11 heavy (non-hydrogen) atoms. The van der Waals surface area contributed by atoms with Crippen LogP contribution in [0.2, 0.25) is 0 Å². The monoisotopic (exact) mass is 261 g/mol. The molecule has 0 saturated carbocycles. The van der Waals surface area contributed by atoms with Crippen LogP contribution in [-0.2, 0) is 0 Å². The van der Waals surface area contributed by atoms with E-state index < -0.39 is 0 Å². The van der Waals surface area contributed by atoms with Crippen molar-refractivity contribution in [2.75, 3.05) is 0 Å². The second kappa shape index (κ2) is 3.17. The summed E-state index contributed by atoms with van der Waals surface area (Å²) < 4.78 is 1.90. The standard InChI is InChI=1S/C7H7N3.HI/c1-6-4-9-7-8-2-3-10(7)5-6;/h2-5H,1H3;1H. The molecule has 0 unspecified atom stereocenters. The minimum atomic E-state index is 0. The maximum atomic E-state index is 4.09. The predicted octanol–water partition coefficient (Wildman–Crippen LogP) is 1.66. The van der Waals surface area contributed by atoms with E-state index in [1.807, 2.05) is 29.9 Å². The molecule has 58 valence electrons. The summed E-state index contributed by atoms with van der Waals surface area (Å²) in [6.45, 7) is 2.01. The Morgan fingerprint density at radius 1 is 1.36 bits per heavy atom. The van der Waals surface area contributed by atoms with Gasteiger partial charge in [0.05, 0.1) is 0 Å². The summed E-state index contributed by atoms with van der Waals surface area (Å²) in [5.41, 5.74) is 1.14. The van der Waals surface area contributed by atoms with Crippen molar-refractivity contribution in [2.24, 2.45) is 0 Å². The number of nitrogens with zero attached hydrogens (tertiary/aromatic N) is 3. The summed E-state index contributed by atoms with van der Waals surface area (Å²) in [7, 11) is 0. The highest BCUT2D eigenvalue weighted by Crippen LogP contribution is 1.97. The van der Waals surface area contributed by atoms with E-state index in [0.29, 0.717) is 0 Å². The largest absolute Gasteiger partial charge is 0.291 e. The lowest BCUT2D eigenvalue weighted by Crippen LogP contribution is -1.87. The molecule has 0 radical (unpaired) electrons. The highest BCUT2D eigenvalue weighted by molar-refractivity contribution is 14.0. The molecule has 0 aliphatic rings. The maximum absolute atomic E-state index is 4.09. The van der Waals surface area contributed by atoms with E-state index in [1.165, 1.54) is 0 Å². The van der Waals surface area contributed by atoms with E-state index in [-0.39, 0.29) is 24.0 Å². The number of aromatic nitrogens is 3. The minimum absolute atomic E-state index is 0. The molecular formula is C7H8IN3. The molecule has 2 rings (SSSR count). The first-order valence-corrected chi connectivity index (χ1v) is 3.11. The predicted molar refractivity (Wildman–Crippen MR) is 53.1 cm³/mol. The smallest absolute Gasteiger partial charge is 0.233 e. The molecule has 0 aliphatic heterocycles. The summed E-state index contributed by atoms with van der Waals surface area (Å²) in [4.78, 5) is 8.10. The molecule has 0 spiro atoms. The quantitative estimate of drug-likeness (QED) is 0.675. The van der Waals surface area contributed by atoms with Gasteiger partial charge >= 0.3 is 0 Å². The van der Waals surface area contributed by atoms with E-state index in [0.717, 1.165) is 11.3 Å².